The number of amides is 2. The van der Waals surface area contributed by atoms with Crippen LogP contribution < -0.4 is 9.47 Å². The maximum absolute atomic E-state index is 12.7. The smallest absolute Gasteiger partial charge is 0.293 e. The molecule has 0 bridgehead atoms. The number of hydrogen-bond acceptors (Lipinski definition) is 5. The summed E-state index contributed by atoms with van der Waals surface area (Å²) in [7, 11) is 0. The third-order valence-corrected chi connectivity index (χ3v) is 5.43. The Bertz CT molecular complexity index is 910. The van der Waals surface area contributed by atoms with Gasteiger partial charge in [-0.05, 0) is 61.4 Å². The van der Waals surface area contributed by atoms with E-state index in [0.717, 1.165) is 29.3 Å². The summed E-state index contributed by atoms with van der Waals surface area (Å²) in [5, 5.41) is -0.258. The molecule has 1 aliphatic rings. The number of thioether (sulfide) groups is 1. The molecule has 1 fully saturated rings. The quantitative estimate of drug-likeness (QED) is 0.537. The van der Waals surface area contributed by atoms with E-state index in [1.165, 1.54) is 4.90 Å². The molecule has 1 atom stereocenters. The van der Waals surface area contributed by atoms with Crippen molar-refractivity contribution in [2.45, 2.75) is 39.8 Å². The van der Waals surface area contributed by atoms with E-state index in [-0.39, 0.29) is 23.8 Å². The summed E-state index contributed by atoms with van der Waals surface area (Å²) in [5.74, 6) is 1.03. The number of ether oxygens (including phenoxy) is 2. The lowest BCUT2D eigenvalue weighted by molar-refractivity contribution is -0.123. The van der Waals surface area contributed by atoms with Crippen molar-refractivity contribution in [2.75, 3.05) is 6.61 Å². The molecular formula is C23H25NO4S. The molecular weight excluding hydrogens is 386 g/mol. The van der Waals surface area contributed by atoms with Gasteiger partial charge in [-0.2, -0.15) is 0 Å². The Morgan fingerprint density at radius 1 is 1.07 bits per heavy atom. The maximum atomic E-state index is 12.7. The Kier molecular flexibility index (Phi) is 6.99. The van der Waals surface area contributed by atoms with Crippen molar-refractivity contribution in [3.8, 4) is 11.5 Å². The average Bonchev–Trinajstić information content (AvgIpc) is 2.98. The van der Waals surface area contributed by atoms with Gasteiger partial charge in [0.25, 0.3) is 11.1 Å². The fourth-order valence-corrected chi connectivity index (χ4v) is 3.67. The molecule has 6 heteroatoms. The molecule has 0 saturated carbocycles. The van der Waals surface area contributed by atoms with Gasteiger partial charge in [0, 0.05) is 0 Å². The average molecular weight is 412 g/mol. The molecule has 3 rings (SSSR count). The number of rotatable bonds is 8. The van der Waals surface area contributed by atoms with E-state index < -0.39 is 0 Å². The van der Waals surface area contributed by atoms with Crippen LogP contribution in [0.3, 0.4) is 0 Å². The highest BCUT2D eigenvalue weighted by Crippen LogP contribution is 2.35. The topological polar surface area (TPSA) is 55.8 Å². The zero-order chi connectivity index (χ0) is 20.8. The molecule has 2 amide bonds. The second kappa shape index (κ2) is 9.65. The van der Waals surface area contributed by atoms with Gasteiger partial charge in [-0.1, -0.05) is 43.3 Å². The lowest BCUT2D eigenvalue weighted by atomic mass is 10.1. The number of hydrogen-bond donors (Lipinski definition) is 0. The van der Waals surface area contributed by atoms with Crippen molar-refractivity contribution in [1.29, 1.82) is 0 Å². The predicted molar refractivity (Wildman–Crippen MR) is 116 cm³/mol. The third kappa shape index (κ3) is 5.21. The molecule has 1 unspecified atom stereocenters. The van der Waals surface area contributed by atoms with Crippen molar-refractivity contribution >= 4 is 29.0 Å². The predicted octanol–water partition coefficient (Wildman–Crippen LogP) is 5.50. The molecule has 2 aromatic carbocycles. The van der Waals surface area contributed by atoms with E-state index in [0.29, 0.717) is 23.0 Å². The molecule has 1 aliphatic heterocycles. The molecule has 0 aliphatic carbocycles. The van der Waals surface area contributed by atoms with Crippen molar-refractivity contribution in [1.82, 2.24) is 4.90 Å². The highest BCUT2D eigenvalue weighted by atomic mass is 32.2. The highest BCUT2D eigenvalue weighted by Gasteiger charge is 2.35. The van der Waals surface area contributed by atoms with E-state index in [4.69, 9.17) is 9.47 Å². The van der Waals surface area contributed by atoms with Gasteiger partial charge in [-0.15, -0.1) is 0 Å². The van der Waals surface area contributed by atoms with Crippen molar-refractivity contribution in [3.05, 3.63) is 64.6 Å². The molecule has 0 radical (unpaired) electrons. The first-order chi connectivity index (χ1) is 14.0. The summed E-state index contributed by atoms with van der Waals surface area (Å²) in [5.41, 5.74) is 1.70. The third-order valence-electron chi connectivity index (χ3n) is 4.53. The first-order valence-corrected chi connectivity index (χ1v) is 10.6. The summed E-state index contributed by atoms with van der Waals surface area (Å²) in [6.45, 7) is 6.76. The lowest BCUT2D eigenvalue weighted by Crippen LogP contribution is -2.27. The minimum Gasteiger partial charge on any atom is -0.490 e. The van der Waals surface area contributed by atoms with Crippen molar-refractivity contribution in [3.63, 3.8) is 0 Å². The molecule has 5 nitrogen and oxygen atoms in total. The van der Waals surface area contributed by atoms with Gasteiger partial charge in [0.2, 0.25) is 0 Å². The normalized spacial score (nSPS) is 16.4. The molecule has 1 heterocycles. The molecule has 0 N–H and O–H groups in total. The molecule has 1 saturated heterocycles. The van der Waals surface area contributed by atoms with Gasteiger partial charge >= 0.3 is 0 Å². The number of nitrogens with zero attached hydrogens (tertiary/aromatic N) is 1. The fraction of sp³-hybridized carbons (Fsp3) is 0.304. The monoisotopic (exact) mass is 411 g/mol. The van der Waals surface area contributed by atoms with Gasteiger partial charge in [-0.25, -0.2) is 0 Å². The molecule has 152 valence electrons. The molecule has 0 aromatic heterocycles. The summed E-state index contributed by atoms with van der Waals surface area (Å²) in [4.78, 5) is 26.8. The van der Waals surface area contributed by atoms with E-state index in [2.05, 4.69) is 6.92 Å². The minimum absolute atomic E-state index is 0.0783. The number of carbonyl (C=O) groups is 2. The largest absolute Gasteiger partial charge is 0.490 e. The summed E-state index contributed by atoms with van der Waals surface area (Å²) in [6.07, 6.45) is 2.70. The van der Waals surface area contributed by atoms with Crippen LogP contribution in [-0.2, 0) is 11.3 Å². The van der Waals surface area contributed by atoms with Gasteiger partial charge in [-0.3, -0.25) is 14.5 Å². The first-order valence-electron chi connectivity index (χ1n) is 9.74. The van der Waals surface area contributed by atoms with E-state index >= 15 is 0 Å². The van der Waals surface area contributed by atoms with Crippen molar-refractivity contribution < 1.29 is 19.1 Å². The molecule has 29 heavy (non-hydrogen) atoms. The van der Waals surface area contributed by atoms with Gasteiger partial charge in [0.15, 0.2) is 11.5 Å². The van der Waals surface area contributed by atoms with Crippen LogP contribution in [0.5, 0.6) is 11.5 Å². The van der Waals surface area contributed by atoms with E-state index in [1.54, 1.807) is 6.08 Å². The summed E-state index contributed by atoms with van der Waals surface area (Å²) < 4.78 is 11.6. The first kappa shape index (κ1) is 21.0. The SMILES string of the molecule is CCOc1cc(/C=C2\SC(=O)N(Cc3ccccc3)C2=O)ccc1OC(C)CC. The second-order valence-electron chi connectivity index (χ2n) is 6.73. The maximum Gasteiger partial charge on any atom is 0.293 e. The zero-order valence-electron chi connectivity index (χ0n) is 16.9. The Labute approximate surface area is 175 Å². The lowest BCUT2D eigenvalue weighted by Gasteiger charge is -2.16. The number of imide groups is 1. The van der Waals surface area contributed by atoms with Crippen LogP contribution in [0.15, 0.2) is 53.4 Å². The van der Waals surface area contributed by atoms with Crippen LogP contribution in [0.2, 0.25) is 0 Å². The van der Waals surface area contributed by atoms with Crippen LogP contribution in [0.4, 0.5) is 4.79 Å². The molecule has 2 aromatic rings. The van der Waals surface area contributed by atoms with Crippen LogP contribution in [0.25, 0.3) is 6.08 Å². The van der Waals surface area contributed by atoms with E-state index in [1.807, 2.05) is 62.4 Å². The van der Waals surface area contributed by atoms with Crippen LogP contribution in [0.1, 0.15) is 38.3 Å². The Balaban J connectivity index is 1.81. The Morgan fingerprint density at radius 2 is 1.83 bits per heavy atom. The summed E-state index contributed by atoms with van der Waals surface area (Å²) in [6, 6.07) is 15.0. The fourth-order valence-electron chi connectivity index (χ4n) is 2.83. The highest BCUT2D eigenvalue weighted by molar-refractivity contribution is 8.18. The Hall–Kier alpha value is -2.73. The van der Waals surface area contributed by atoms with Gasteiger partial charge in [0.1, 0.15) is 0 Å². The number of benzene rings is 2. The van der Waals surface area contributed by atoms with E-state index in [9.17, 15) is 9.59 Å². The zero-order valence-corrected chi connectivity index (χ0v) is 17.7. The minimum atomic E-state index is -0.276. The Morgan fingerprint density at radius 3 is 2.52 bits per heavy atom. The standard InChI is InChI=1S/C23H25NO4S/c1-4-16(3)28-19-12-11-18(13-20(19)27-5-2)14-21-22(25)24(23(26)29-21)15-17-9-7-6-8-10-17/h6-14,16H,4-5,15H2,1-3H3/b21-14-. The van der Waals surface area contributed by atoms with Gasteiger partial charge in [0.05, 0.1) is 24.2 Å². The van der Waals surface area contributed by atoms with Crippen LogP contribution in [-0.4, -0.2) is 28.8 Å². The van der Waals surface area contributed by atoms with Crippen LogP contribution in [0, 0.1) is 0 Å². The van der Waals surface area contributed by atoms with Crippen molar-refractivity contribution in [2.24, 2.45) is 0 Å². The number of carbonyl (C=O) groups excluding carboxylic acids is 2. The second-order valence-corrected chi connectivity index (χ2v) is 7.72. The van der Waals surface area contributed by atoms with Gasteiger partial charge < -0.3 is 9.47 Å². The summed E-state index contributed by atoms with van der Waals surface area (Å²) >= 11 is 0.960. The van der Waals surface area contributed by atoms with Crippen LogP contribution >= 0.6 is 11.8 Å². The molecule has 0 spiro atoms.